The number of aromatic nitrogens is 2. The quantitative estimate of drug-likeness (QED) is 0.699. The number of aryl methyl sites for hydroxylation is 1. The molecule has 0 spiro atoms. The Morgan fingerprint density at radius 1 is 1.19 bits per heavy atom. The number of carbonyl (C=O) groups is 1. The number of fused-ring (bicyclic) bond motifs is 1. The fraction of sp³-hybridized carbons (Fsp3) is 0.286. The van der Waals surface area contributed by atoms with Gasteiger partial charge in [-0.15, -0.1) is 0 Å². The molecule has 140 valence electrons. The summed E-state index contributed by atoms with van der Waals surface area (Å²) in [6, 6.07) is 15.5. The predicted octanol–water partition coefficient (Wildman–Crippen LogP) is 2.35. The van der Waals surface area contributed by atoms with Crippen molar-refractivity contribution in [2.45, 2.75) is 20.4 Å². The molecule has 0 fully saturated rings. The number of hydrogen-bond donors (Lipinski definition) is 1. The van der Waals surface area contributed by atoms with E-state index in [2.05, 4.69) is 47.4 Å². The summed E-state index contributed by atoms with van der Waals surface area (Å²) in [5, 5.41) is 8.31. The van der Waals surface area contributed by atoms with E-state index in [0.29, 0.717) is 18.5 Å². The Hall–Kier alpha value is -3.15. The highest BCUT2D eigenvalue weighted by atomic mass is 16.2. The predicted molar refractivity (Wildman–Crippen MR) is 108 cm³/mol. The summed E-state index contributed by atoms with van der Waals surface area (Å²) in [6.07, 6.45) is 1.61. The lowest BCUT2D eigenvalue weighted by atomic mass is 10.2. The van der Waals surface area contributed by atoms with Gasteiger partial charge in [0, 0.05) is 30.7 Å². The Morgan fingerprint density at radius 3 is 2.78 bits per heavy atom. The van der Waals surface area contributed by atoms with Gasteiger partial charge < -0.3 is 10.2 Å². The topological polar surface area (TPSA) is 67.2 Å². The van der Waals surface area contributed by atoms with Crippen molar-refractivity contribution >= 4 is 22.4 Å². The zero-order chi connectivity index (χ0) is 19.2. The molecule has 0 unspecified atom stereocenters. The van der Waals surface area contributed by atoms with Gasteiger partial charge in [0.25, 0.3) is 5.56 Å². The first-order valence-electron chi connectivity index (χ1n) is 9.11. The Labute approximate surface area is 158 Å². The second-order valence-corrected chi connectivity index (χ2v) is 6.46. The van der Waals surface area contributed by atoms with Crippen LogP contribution in [0.2, 0.25) is 0 Å². The van der Waals surface area contributed by atoms with Crippen molar-refractivity contribution in [2.24, 2.45) is 0 Å². The van der Waals surface area contributed by atoms with Crippen molar-refractivity contribution in [3.8, 4) is 0 Å². The highest BCUT2D eigenvalue weighted by Crippen LogP contribution is 2.15. The van der Waals surface area contributed by atoms with Crippen LogP contribution >= 0.6 is 0 Å². The maximum absolute atomic E-state index is 12.4. The molecule has 0 aliphatic heterocycles. The maximum atomic E-state index is 12.4. The molecule has 0 aliphatic carbocycles. The first kappa shape index (κ1) is 18.6. The monoisotopic (exact) mass is 364 g/mol. The zero-order valence-electron chi connectivity index (χ0n) is 15.7. The van der Waals surface area contributed by atoms with Crippen LogP contribution in [0.1, 0.15) is 12.5 Å². The van der Waals surface area contributed by atoms with Gasteiger partial charge in [-0.25, -0.2) is 4.68 Å². The van der Waals surface area contributed by atoms with Crippen LogP contribution < -0.4 is 15.8 Å². The Balaban J connectivity index is 1.58. The van der Waals surface area contributed by atoms with Crippen molar-refractivity contribution in [2.75, 3.05) is 24.5 Å². The van der Waals surface area contributed by atoms with Gasteiger partial charge in [0.1, 0.15) is 6.54 Å². The van der Waals surface area contributed by atoms with Gasteiger partial charge in [-0.2, -0.15) is 5.10 Å². The van der Waals surface area contributed by atoms with Crippen molar-refractivity contribution < 1.29 is 4.79 Å². The van der Waals surface area contributed by atoms with Crippen molar-refractivity contribution in [3.63, 3.8) is 0 Å². The van der Waals surface area contributed by atoms with Crippen LogP contribution in [0.15, 0.2) is 59.5 Å². The molecule has 6 heteroatoms. The van der Waals surface area contributed by atoms with E-state index >= 15 is 0 Å². The highest BCUT2D eigenvalue weighted by Gasteiger charge is 2.09. The number of hydrogen-bond acceptors (Lipinski definition) is 4. The molecule has 27 heavy (non-hydrogen) atoms. The summed E-state index contributed by atoms with van der Waals surface area (Å²) >= 11 is 0. The smallest absolute Gasteiger partial charge is 0.275 e. The van der Waals surface area contributed by atoms with Gasteiger partial charge in [-0.1, -0.05) is 30.3 Å². The van der Waals surface area contributed by atoms with E-state index in [1.165, 1.54) is 10.2 Å². The first-order valence-corrected chi connectivity index (χ1v) is 9.11. The summed E-state index contributed by atoms with van der Waals surface area (Å²) in [6.45, 7) is 6.12. The summed E-state index contributed by atoms with van der Waals surface area (Å²) in [7, 11) is 0. The molecule has 1 amide bonds. The molecule has 0 aliphatic rings. The van der Waals surface area contributed by atoms with Gasteiger partial charge in [0.05, 0.1) is 11.6 Å². The molecule has 3 rings (SSSR count). The minimum absolute atomic E-state index is 0.0831. The molecule has 3 aromatic rings. The van der Waals surface area contributed by atoms with Gasteiger partial charge in [-0.3, -0.25) is 9.59 Å². The molecule has 0 saturated heterocycles. The van der Waals surface area contributed by atoms with E-state index in [-0.39, 0.29) is 18.0 Å². The van der Waals surface area contributed by atoms with Crippen molar-refractivity contribution in [1.29, 1.82) is 0 Å². The largest absolute Gasteiger partial charge is 0.370 e. The third-order valence-corrected chi connectivity index (χ3v) is 4.51. The van der Waals surface area contributed by atoms with Crippen LogP contribution in [0.3, 0.4) is 0 Å². The van der Waals surface area contributed by atoms with Gasteiger partial charge in [0.15, 0.2) is 0 Å². The second kappa shape index (κ2) is 8.49. The molecule has 1 heterocycles. The molecule has 0 bridgehead atoms. The van der Waals surface area contributed by atoms with E-state index in [1.54, 1.807) is 18.3 Å². The van der Waals surface area contributed by atoms with Crippen LogP contribution in [0.5, 0.6) is 0 Å². The Bertz CT molecular complexity index is 997. The molecule has 6 nitrogen and oxygen atoms in total. The number of amides is 1. The number of rotatable bonds is 7. The first-order chi connectivity index (χ1) is 13.1. The van der Waals surface area contributed by atoms with Crippen molar-refractivity contribution in [1.82, 2.24) is 15.1 Å². The number of likely N-dealkylation sites (N-methyl/N-ethyl adjacent to an activating group) is 1. The SMILES string of the molecule is CCN(CCNC(=O)Cn1ncc2ccccc2c1=O)c1cccc(C)c1. The average Bonchev–Trinajstić information content (AvgIpc) is 2.68. The maximum Gasteiger partial charge on any atom is 0.275 e. The summed E-state index contributed by atoms with van der Waals surface area (Å²) in [5.74, 6) is -0.222. The van der Waals surface area contributed by atoms with E-state index in [4.69, 9.17) is 0 Å². The second-order valence-electron chi connectivity index (χ2n) is 6.46. The fourth-order valence-corrected chi connectivity index (χ4v) is 3.06. The van der Waals surface area contributed by atoms with E-state index in [0.717, 1.165) is 17.6 Å². The molecule has 0 saturated carbocycles. The number of nitrogens with zero attached hydrogens (tertiary/aromatic N) is 3. The minimum atomic E-state index is -0.252. The molecular weight excluding hydrogens is 340 g/mol. The molecule has 1 N–H and O–H groups in total. The Kier molecular flexibility index (Phi) is 5.86. The molecule has 1 aromatic heterocycles. The Morgan fingerprint density at radius 2 is 2.00 bits per heavy atom. The van der Waals surface area contributed by atoms with Crippen molar-refractivity contribution in [3.05, 3.63) is 70.6 Å². The third kappa shape index (κ3) is 4.53. The normalized spacial score (nSPS) is 10.7. The van der Waals surface area contributed by atoms with Crippen LogP contribution in [-0.4, -0.2) is 35.3 Å². The lowest BCUT2D eigenvalue weighted by Crippen LogP contribution is -2.38. The number of carbonyl (C=O) groups excluding carboxylic acids is 1. The zero-order valence-corrected chi connectivity index (χ0v) is 15.7. The van der Waals surface area contributed by atoms with E-state index in [9.17, 15) is 9.59 Å². The summed E-state index contributed by atoms with van der Waals surface area (Å²) in [4.78, 5) is 26.9. The van der Waals surface area contributed by atoms with Crippen LogP contribution in [0.4, 0.5) is 5.69 Å². The summed E-state index contributed by atoms with van der Waals surface area (Å²) < 4.78 is 1.20. The minimum Gasteiger partial charge on any atom is -0.370 e. The van der Waals surface area contributed by atoms with Gasteiger partial charge in [-0.05, 0) is 37.6 Å². The number of anilines is 1. The van der Waals surface area contributed by atoms with E-state index < -0.39 is 0 Å². The molecule has 0 atom stereocenters. The third-order valence-electron chi connectivity index (χ3n) is 4.51. The summed E-state index contributed by atoms with van der Waals surface area (Å²) in [5.41, 5.74) is 2.09. The molecule has 2 aromatic carbocycles. The number of benzene rings is 2. The van der Waals surface area contributed by atoms with Gasteiger partial charge in [0.2, 0.25) is 5.91 Å². The highest BCUT2D eigenvalue weighted by molar-refractivity contribution is 5.81. The lowest BCUT2D eigenvalue weighted by molar-refractivity contribution is -0.121. The number of nitrogens with one attached hydrogen (secondary N) is 1. The molecule has 0 radical (unpaired) electrons. The lowest BCUT2D eigenvalue weighted by Gasteiger charge is -2.23. The van der Waals surface area contributed by atoms with Gasteiger partial charge >= 0.3 is 0 Å². The van der Waals surface area contributed by atoms with E-state index in [1.807, 2.05) is 18.2 Å². The van der Waals surface area contributed by atoms with Crippen LogP contribution in [-0.2, 0) is 11.3 Å². The molecular formula is C21H24N4O2. The fourth-order valence-electron chi connectivity index (χ4n) is 3.06. The van der Waals surface area contributed by atoms with Crippen LogP contribution in [0.25, 0.3) is 10.8 Å². The average molecular weight is 364 g/mol. The standard InChI is InChI=1S/C21H24N4O2/c1-3-24(18-9-6-7-16(2)13-18)12-11-22-20(26)15-25-21(27)19-10-5-4-8-17(19)14-23-25/h4-10,13-14H,3,11-12,15H2,1-2H3,(H,22,26). The van der Waals surface area contributed by atoms with Crippen LogP contribution in [0, 0.1) is 6.92 Å².